The number of para-hydroxylation sites is 3. The maximum atomic E-state index is 6.63. The first-order valence-corrected chi connectivity index (χ1v) is 20.8. The summed E-state index contributed by atoms with van der Waals surface area (Å²) >= 11 is 0. The minimum absolute atomic E-state index is 0.168. The maximum Gasteiger partial charge on any atom is 0.136 e. The first-order chi connectivity index (χ1) is 29.5. The minimum atomic E-state index is -0.168. The molecule has 0 amide bonds. The molecule has 1 aliphatic rings. The van der Waals surface area contributed by atoms with Crippen molar-refractivity contribution in [2.24, 2.45) is 0 Å². The largest absolute Gasteiger partial charge is 0.456 e. The second-order valence-electron chi connectivity index (χ2n) is 16.5. The number of furan rings is 1. The quantitative estimate of drug-likeness (QED) is 0.168. The lowest BCUT2D eigenvalue weighted by Crippen LogP contribution is -2.17. The SMILES string of the molecule is CC1(C)c2ccccc2-c2ccc(N(c3ccc4c(c3)c3ccccc3n4-c3ccccc3)c3ccc4oc5ccccc5c4c3-c3cccc(-c4ccccc4)c3)cc21. The van der Waals surface area contributed by atoms with Crippen LogP contribution in [-0.4, -0.2) is 4.57 Å². The molecule has 0 radical (unpaired) electrons. The van der Waals surface area contributed by atoms with E-state index in [0.717, 1.165) is 55.8 Å². The lowest BCUT2D eigenvalue weighted by molar-refractivity contribution is 0.660. The van der Waals surface area contributed by atoms with E-state index in [1.807, 2.05) is 0 Å². The molecule has 1 aliphatic carbocycles. The number of benzene rings is 9. The van der Waals surface area contributed by atoms with E-state index in [2.05, 4.69) is 230 Å². The van der Waals surface area contributed by atoms with Crippen molar-refractivity contribution in [1.29, 1.82) is 0 Å². The maximum absolute atomic E-state index is 6.63. The number of hydrogen-bond acceptors (Lipinski definition) is 2. The van der Waals surface area contributed by atoms with Gasteiger partial charge in [0.1, 0.15) is 11.2 Å². The second-order valence-corrected chi connectivity index (χ2v) is 16.5. The summed E-state index contributed by atoms with van der Waals surface area (Å²) in [5, 5.41) is 4.62. The van der Waals surface area contributed by atoms with Crippen LogP contribution in [0, 0.1) is 0 Å². The number of rotatable bonds is 6. The molecule has 0 saturated heterocycles. The fraction of sp³-hybridized carbons (Fsp3) is 0.0526. The van der Waals surface area contributed by atoms with Crippen molar-refractivity contribution in [2.45, 2.75) is 19.3 Å². The highest BCUT2D eigenvalue weighted by Crippen LogP contribution is 2.53. The number of nitrogens with zero attached hydrogens (tertiary/aromatic N) is 2. The first-order valence-electron chi connectivity index (χ1n) is 20.8. The Labute approximate surface area is 349 Å². The number of hydrogen-bond donors (Lipinski definition) is 0. The fourth-order valence-corrected chi connectivity index (χ4v) is 9.98. The van der Waals surface area contributed by atoms with Crippen molar-refractivity contribution in [3.8, 4) is 39.1 Å². The summed E-state index contributed by atoms with van der Waals surface area (Å²) in [6.45, 7) is 4.72. The standard InChI is InChI=1S/C57H40N2O/c1-57(2)48-25-12-9-22-43(48)44-30-28-42(36-49(44)57)58(41-29-31-51-47(35-41)45-23-10-13-26-50(45)59(51)40-20-7-4-8-21-40)52-32-33-54-56(46-24-11-14-27-53(46)60-54)55(52)39-19-15-18-38(34-39)37-16-5-3-6-17-37/h3-36H,1-2H3. The molecule has 0 bridgehead atoms. The Kier molecular flexibility index (Phi) is 7.58. The van der Waals surface area contributed by atoms with Gasteiger partial charge in [0.2, 0.25) is 0 Å². The molecule has 3 nitrogen and oxygen atoms in total. The average Bonchev–Trinajstić information content (AvgIpc) is 3.92. The van der Waals surface area contributed by atoms with E-state index in [9.17, 15) is 0 Å². The minimum Gasteiger partial charge on any atom is -0.456 e. The Bertz CT molecular complexity index is 3460. The van der Waals surface area contributed by atoms with Gasteiger partial charge in [0.15, 0.2) is 0 Å². The van der Waals surface area contributed by atoms with Crippen molar-refractivity contribution >= 4 is 60.8 Å². The van der Waals surface area contributed by atoms with Gasteiger partial charge in [0.25, 0.3) is 0 Å². The van der Waals surface area contributed by atoms with E-state index in [1.165, 1.54) is 55.2 Å². The molecule has 11 aromatic rings. The van der Waals surface area contributed by atoms with Crippen molar-refractivity contribution in [1.82, 2.24) is 4.57 Å². The summed E-state index contributed by atoms with van der Waals surface area (Å²) in [5.41, 5.74) is 18.3. The third-order valence-electron chi connectivity index (χ3n) is 12.8. The monoisotopic (exact) mass is 768 g/mol. The normalized spacial score (nSPS) is 13.0. The zero-order valence-electron chi connectivity index (χ0n) is 33.4. The Morgan fingerprint density at radius 1 is 0.433 bits per heavy atom. The molecule has 0 unspecified atom stereocenters. The van der Waals surface area contributed by atoms with Crippen LogP contribution in [0.3, 0.4) is 0 Å². The average molecular weight is 769 g/mol. The van der Waals surface area contributed by atoms with Gasteiger partial charge in [-0.1, -0.05) is 147 Å². The van der Waals surface area contributed by atoms with Crippen molar-refractivity contribution < 1.29 is 4.42 Å². The second kappa shape index (κ2) is 13.2. The third-order valence-corrected chi connectivity index (χ3v) is 12.8. The molecule has 0 N–H and O–H groups in total. The van der Waals surface area contributed by atoms with E-state index < -0.39 is 0 Å². The van der Waals surface area contributed by atoms with Gasteiger partial charge < -0.3 is 13.9 Å². The Morgan fingerprint density at radius 3 is 1.95 bits per heavy atom. The smallest absolute Gasteiger partial charge is 0.136 e. The van der Waals surface area contributed by atoms with Crippen molar-refractivity contribution in [3.05, 3.63) is 217 Å². The Morgan fingerprint density at radius 2 is 1.08 bits per heavy atom. The van der Waals surface area contributed by atoms with E-state index >= 15 is 0 Å². The summed E-state index contributed by atoms with van der Waals surface area (Å²) in [6.07, 6.45) is 0. The van der Waals surface area contributed by atoms with E-state index in [0.29, 0.717) is 0 Å². The van der Waals surface area contributed by atoms with E-state index in [-0.39, 0.29) is 5.41 Å². The predicted molar refractivity (Wildman–Crippen MR) is 251 cm³/mol. The highest BCUT2D eigenvalue weighted by Gasteiger charge is 2.36. The van der Waals surface area contributed by atoms with Gasteiger partial charge in [0.05, 0.1) is 16.7 Å². The molecule has 2 aromatic heterocycles. The molecular formula is C57H40N2O. The lowest BCUT2D eigenvalue weighted by atomic mass is 9.82. The molecule has 284 valence electrons. The molecule has 3 heteroatoms. The molecule has 0 spiro atoms. The first kappa shape index (κ1) is 34.4. The van der Waals surface area contributed by atoms with Gasteiger partial charge in [-0.2, -0.15) is 0 Å². The topological polar surface area (TPSA) is 21.3 Å². The summed E-state index contributed by atoms with van der Waals surface area (Å²) in [5.74, 6) is 0. The molecule has 9 aromatic carbocycles. The summed E-state index contributed by atoms with van der Waals surface area (Å²) in [7, 11) is 0. The van der Waals surface area contributed by atoms with Crippen LogP contribution in [0.4, 0.5) is 17.1 Å². The van der Waals surface area contributed by atoms with Gasteiger partial charge in [-0.15, -0.1) is 0 Å². The van der Waals surface area contributed by atoms with E-state index in [1.54, 1.807) is 0 Å². The third kappa shape index (κ3) is 5.15. The molecule has 2 heterocycles. The molecule has 60 heavy (non-hydrogen) atoms. The predicted octanol–water partition coefficient (Wildman–Crippen LogP) is 15.8. The Balaban J connectivity index is 1.17. The fourth-order valence-electron chi connectivity index (χ4n) is 9.98. The zero-order chi connectivity index (χ0) is 40.0. The van der Waals surface area contributed by atoms with Crippen LogP contribution < -0.4 is 4.90 Å². The number of anilines is 3. The van der Waals surface area contributed by atoms with Crippen molar-refractivity contribution in [3.63, 3.8) is 0 Å². The Hall–Kier alpha value is -7.62. The van der Waals surface area contributed by atoms with Gasteiger partial charge >= 0.3 is 0 Å². The molecule has 0 atom stereocenters. The van der Waals surface area contributed by atoms with Crippen LogP contribution in [0.5, 0.6) is 0 Å². The van der Waals surface area contributed by atoms with E-state index in [4.69, 9.17) is 4.42 Å². The summed E-state index contributed by atoms with van der Waals surface area (Å²) < 4.78 is 9.02. The van der Waals surface area contributed by atoms with Gasteiger partial charge in [0, 0.05) is 49.6 Å². The van der Waals surface area contributed by atoms with Crippen LogP contribution in [0.1, 0.15) is 25.0 Å². The highest BCUT2D eigenvalue weighted by atomic mass is 16.3. The number of fused-ring (bicyclic) bond motifs is 9. The molecule has 0 saturated carbocycles. The number of aromatic nitrogens is 1. The molecule has 12 rings (SSSR count). The van der Waals surface area contributed by atoms with Crippen LogP contribution in [0.15, 0.2) is 211 Å². The van der Waals surface area contributed by atoms with Crippen LogP contribution in [-0.2, 0) is 5.41 Å². The van der Waals surface area contributed by atoms with Gasteiger partial charge in [-0.05, 0) is 112 Å². The van der Waals surface area contributed by atoms with Crippen molar-refractivity contribution in [2.75, 3.05) is 4.90 Å². The van der Waals surface area contributed by atoms with Gasteiger partial charge in [-0.25, -0.2) is 0 Å². The van der Waals surface area contributed by atoms with Gasteiger partial charge in [-0.3, -0.25) is 0 Å². The summed E-state index contributed by atoms with van der Waals surface area (Å²) in [6, 6.07) is 75.0. The van der Waals surface area contributed by atoms with Crippen LogP contribution in [0.2, 0.25) is 0 Å². The van der Waals surface area contributed by atoms with Crippen LogP contribution in [0.25, 0.3) is 82.8 Å². The molecule has 0 aliphatic heterocycles. The molecular weight excluding hydrogens is 729 g/mol. The lowest BCUT2D eigenvalue weighted by Gasteiger charge is -2.30. The highest BCUT2D eigenvalue weighted by molar-refractivity contribution is 6.17. The van der Waals surface area contributed by atoms with Crippen LogP contribution >= 0.6 is 0 Å². The summed E-state index contributed by atoms with van der Waals surface area (Å²) in [4.78, 5) is 2.49. The zero-order valence-corrected chi connectivity index (χ0v) is 33.4. The molecule has 0 fully saturated rings.